The molecule has 2 aromatic rings. The van der Waals surface area contributed by atoms with Crippen LogP contribution in [0.5, 0.6) is 11.5 Å². The van der Waals surface area contributed by atoms with Crippen molar-refractivity contribution in [2.75, 3.05) is 14.2 Å². The van der Waals surface area contributed by atoms with E-state index in [2.05, 4.69) is 5.16 Å². The van der Waals surface area contributed by atoms with Gasteiger partial charge in [-0.1, -0.05) is 35.5 Å². The number of ether oxygens (including phenoxy) is 3. The van der Waals surface area contributed by atoms with Gasteiger partial charge in [-0.05, 0) is 30.7 Å². The molecular weight excluding hydrogens is 388 g/mol. The summed E-state index contributed by atoms with van der Waals surface area (Å²) in [7, 11) is 3.10. The zero-order valence-electron chi connectivity index (χ0n) is 16.9. The predicted molar refractivity (Wildman–Crippen MR) is 108 cm³/mol. The Morgan fingerprint density at radius 1 is 1.10 bits per heavy atom. The van der Waals surface area contributed by atoms with Gasteiger partial charge in [0.25, 0.3) is 5.91 Å². The summed E-state index contributed by atoms with van der Waals surface area (Å²) < 4.78 is 16.0. The largest absolute Gasteiger partial charge is 0.493 e. The number of carbonyl (C=O) groups excluding carboxylic acids is 2. The quantitative estimate of drug-likeness (QED) is 0.752. The smallest absolute Gasteiger partial charge is 0.417 e. The molecule has 0 saturated carbocycles. The average molecular weight is 410 g/mol. The van der Waals surface area contributed by atoms with Gasteiger partial charge in [0, 0.05) is 12.0 Å². The number of amides is 2. The van der Waals surface area contributed by atoms with Gasteiger partial charge in [-0.15, -0.1) is 0 Å². The van der Waals surface area contributed by atoms with E-state index in [1.54, 1.807) is 33.3 Å². The number of methoxy groups -OCH3 is 2. The lowest BCUT2D eigenvalue weighted by atomic mass is 10.0. The van der Waals surface area contributed by atoms with E-state index in [0.717, 1.165) is 16.0 Å². The molecule has 0 aromatic heterocycles. The van der Waals surface area contributed by atoms with Crippen LogP contribution in [0.15, 0.2) is 53.7 Å². The second-order valence-corrected chi connectivity index (χ2v) is 7.07. The molecule has 0 N–H and O–H groups in total. The van der Waals surface area contributed by atoms with E-state index in [9.17, 15) is 9.59 Å². The van der Waals surface area contributed by atoms with E-state index >= 15 is 0 Å². The third-order valence-electron chi connectivity index (χ3n) is 5.30. The van der Waals surface area contributed by atoms with E-state index in [-0.39, 0.29) is 6.42 Å². The van der Waals surface area contributed by atoms with Crippen molar-refractivity contribution in [2.45, 2.75) is 31.6 Å². The summed E-state index contributed by atoms with van der Waals surface area (Å²) in [6.07, 6.45) is -1.85. The molecular formula is C22H22N2O6. The Hall–Kier alpha value is -3.55. The number of hydrogen-bond donors (Lipinski definition) is 0. The van der Waals surface area contributed by atoms with Gasteiger partial charge < -0.3 is 19.0 Å². The molecule has 0 radical (unpaired) electrons. The number of benzene rings is 2. The predicted octanol–water partition coefficient (Wildman–Crippen LogP) is 3.31. The number of nitrogens with zero attached hydrogens (tertiary/aromatic N) is 2. The Kier molecular flexibility index (Phi) is 5.31. The Morgan fingerprint density at radius 2 is 1.83 bits per heavy atom. The molecule has 0 unspecified atom stereocenters. The SMILES string of the molecule is COc1ccc(C2=NO[C@@H](C(=O)N3C(=O)O[C@H](c4ccccc4)[C@@H]3C)C2)cc1OC. The lowest BCUT2D eigenvalue weighted by Gasteiger charge is -2.21. The number of carbonyl (C=O) groups is 2. The maximum atomic E-state index is 13.0. The van der Waals surface area contributed by atoms with Crippen LogP contribution in [-0.2, 0) is 14.4 Å². The highest BCUT2D eigenvalue weighted by atomic mass is 16.6. The van der Waals surface area contributed by atoms with Crippen LogP contribution in [0.2, 0.25) is 0 Å². The van der Waals surface area contributed by atoms with E-state index in [1.807, 2.05) is 36.4 Å². The molecule has 30 heavy (non-hydrogen) atoms. The zero-order valence-corrected chi connectivity index (χ0v) is 16.9. The zero-order chi connectivity index (χ0) is 21.3. The minimum Gasteiger partial charge on any atom is -0.493 e. The molecule has 2 amide bonds. The first-order chi connectivity index (χ1) is 14.5. The Balaban J connectivity index is 1.47. The van der Waals surface area contributed by atoms with Crippen LogP contribution >= 0.6 is 0 Å². The molecule has 3 atom stereocenters. The first kappa shape index (κ1) is 19.8. The highest BCUT2D eigenvalue weighted by Crippen LogP contribution is 2.34. The van der Waals surface area contributed by atoms with Crippen LogP contribution in [0.3, 0.4) is 0 Å². The molecule has 156 valence electrons. The van der Waals surface area contributed by atoms with E-state index in [4.69, 9.17) is 19.0 Å². The third kappa shape index (κ3) is 3.45. The van der Waals surface area contributed by atoms with Gasteiger partial charge in [0.05, 0.1) is 26.0 Å². The number of hydrogen-bond acceptors (Lipinski definition) is 7. The molecule has 0 spiro atoms. The molecule has 4 rings (SSSR count). The van der Waals surface area contributed by atoms with Crippen molar-refractivity contribution in [3.05, 3.63) is 59.7 Å². The van der Waals surface area contributed by atoms with Gasteiger partial charge >= 0.3 is 6.09 Å². The van der Waals surface area contributed by atoms with Crippen LogP contribution in [0.25, 0.3) is 0 Å². The van der Waals surface area contributed by atoms with Crippen LogP contribution in [0, 0.1) is 0 Å². The van der Waals surface area contributed by atoms with Crippen LogP contribution in [0.4, 0.5) is 4.79 Å². The molecule has 0 aliphatic carbocycles. The maximum Gasteiger partial charge on any atom is 0.417 e. The lowest BCUT2D eigenvalue weighted by molar-refractivity contribution is -0.139. The van der Waals surface area contributed by atoms with Crippen LogP contribution < -0.4 is 9.47 Å². The van der Waals surface area contributed by atoms with Crippen molar-refractivity contribution in [1.82, 2.24) is 4.90 Å². The fraction of sp³-hybridized carbons (Fsp3) is 0.318. The Morgan fingerprint density at radius 3 is 2.53 bits per heavy atom. The number of cyclic esters (lactones) is 1. The second-order valence-electron chi connectivity index (χ2n) is 7.07. The van der Waals surface area contributed by atoms with Crippen molar-refractivity contribution in [3.63, 3.8) is 0 Å². The molecule has 8 nitrogen and oxygen atoms in total. The third-order valence-corrected chi connectivity index (χ3v) is 5.30. The number of oxime groups is 1. The van der Waals surface area contributed by atoms with Gasteiger partial charge in [-0.2, -0.15) is 0 Å². The Labute approximate surface area is 174 Å². The van der Waals surface area contributed by atoms with Crippen molar-refractivity contribution < 1.29 is 28.6 Å². The molecule has 1 fully saturated rings. The number of rotatable bonds is 5. The normalized spacial score (nSPS) is 22.9. The van der Waals surface area contributed by atoms with Crippen molar-refractivity contribution in [1.29, 1.82) is 0 Å². The van der Waals surface area contributed by atoms with E-state index in [0.29, 0.717) is 17.2 Å². The summed E-state index contributed by atoms with van der Waals surface area (Å²) in [6.45, 7) is 1.78. The summed E-state index contributed by atoms with van der Waals surface area (Å²) in [5.74, 6) is 0.675. The Bertz CT molecular complexity index is 990. The van der Waals surface area contributed by atoms with Gasteiger partial charge in [0.2, 0.25) is 6.10 Å². The van der Waals surface area contributed by atoms with Crippen molar-refractivity contribution >= 4 is 17.7 Å². The molecule has 1 saturated heterocycles. The van der Waals surface area contributed by atoms with E-state index < -0.39 is 30.3 Å². The fourth-order valence-electron chi connectivity index (χ4n) is 3.70. The summed E-state index contributed by atoms with van der Waals surface area (Å²) in [5, 5.41) is 4.06. The molecule has 8 heteroatoms. The molecule has 2 aliphatic rings. The second kappa shape index (κ2) is 8.06. The van der Waals surface area contributed by atoms with Gasteiger partial charge in [0.15, 0.2) is 11.5 Å². The molecule has 0 bridgehead atoms. The van der Waals surface area contributed by atoms with Crippen molar-refractivity contribution in [3.8, 4) is 11.5 Å². The summed E-state index contributed by atoms with van der Waals surface area (Å²) in [4.78, 5) is 32.0. The first-order valence-corrected chi connectivity index (χ1v) is 9.57. The van der Waals surface area contributed by atoms with E-state index in [1.165, 1.54) is 0 Å². The van der Waals surface area contributed by atoms with Crippen LogP contribution in [-0.4, -0.2) is 49.0 Å². The van der Waals surface area contributed by atoms with Gasteiger partial charge in [-0.25, -0.2) is 9.69 Å². The first-order valence-electron chi connectivity index (χ1n) is 9.57. The molecule has 2 aromatic carbocycles. The van der Waals surface area contributed by atoms with Gasteiger partial charge in [0.1, 0.15) is 6.10 Å². The topological polar surface area (TPSA) is 86.7 Å². The average Bonchev–Trinajstić information content (AvgIpc) is 3.38. The van der Waals surface area contributed by atoms with Crippen LogP contribution in [0.1, 0.15) is 30.6 Å². The highest BCUT2D eigenvalue weighted by Gasteiger charge is 2.47. The van der Waals surface area contributed by atoms with Crippen molar-refractivity contribution in [2.24, 2.45) is 5.16 Å². The summed E-state index contributed by atoms with van der Waals surface area (Å²) in [6, 6.07) is 14.2. The maximum absolute atomic E-state index is 13.0. The summed E-state index contributed by atoms with van der Waals surface area (Å²) >= 11 is 0. The van der Waals surface area contributed by atoms with Gasteiger partial charge in [-0.3, -0.25) is 4.79 Å². The minimum absolute atomic E-state index is 0.237. The lowest BCUT2D eigenvalue weighted by Crippen LogP contribution is -2.44. The number of imide groups is 1. The standard InChI is InChI=1S/C22H22N2O6/c1-13-20(14-7-5-4-6-8-14)29-22(26)24(13)21(25)19-12-16(23-30-19)15-9-10-17(27-2)18(11-15)28-3/h4-11,13,19-20H,12H2,1-3H3/t13-,19+,20-/m0/s1. The highest BCUT2D eigenvalue weighted by molar-refractivity contribution is 6.06. The summed E-state index contributed by atoms with van der Waals surface area (Å²) in [5.41, 5.74) is 2.18. The monoisotopic (exact) mass is 410 g/mol. The molecule has 2 heterocycles. The minimum atomic E-state index is -0.891. The molecule has 2 aliphatic heterocycles. The fourth-order valence-corrected chi connectivity index (χ4v) is 3.70.